The predicted octanol–water partition coefficient (Wildman–Crippen LogP) is 2.50. The second-order valence-electron chi connectivity index (χ2n) is 5.67. The van der Waals surface area contributed by atoms with Crippen molar-refractivity contribution in [3.05, 3.63) is 17.5 Å². The number of aromatic nitrogens is 1. The highest BCUT2D eigenvalue weighted by atomic mass is 16.5. The first-order valence-electron chi connectivity index (χ1n) is 6.79. The van der Waals surface area contributed by atoms with Crippen LogP contribution in [0, 0.1) is 0 Å². The fraction of sp³-hybridized carbons (Fsp3) is 0.786. The third-order valence-corrected chi connectivity index (χ3v) is 2.47. The molecule has 0 amide bonds. The highest BCUT2D eigenvalue weighted by Gasteiger charge is 2.11. The molecule has 1 aromatic rings. The Morgan fingerprint density at radius 3 is 2.79 bits per heavy atom. The lowest BCUT2D eigenvalue weighted by Gasteiger charge is -2.19. The van der Waals surface area contributed by atoms with Gasteiger partial charge in [-0.3, -0.25) is 0 Å². The van der Waals surface area contributed by atoms with Crippen LogP contribution in [-0.2, 0) is 22.6 Å². The van der Waals surface area contributed by atoms with Gasteiger partial charge < -0.3 is 19.3 Å². The van der Waals surface area contributed by atoms with E-state index in [9.17, 15) is 0 Å². The van der Waals surface area contributed by atoms with Crippen LogP contribution in [0.25, 0.3) is 0 Å². The summed E-state index contributed by atoms with van der Waals surface area (Å²) in [5.74, 6) is 0.744. The highest BCUT2D eigenvalue weighted by molar-refractivity contribution is 5.04. The van der Waals surface area contributed by atoms with E-state index in [2.05, 4.69) is 31.2 Å². The minimum atomic E-state index is 0.0567. The Morgan fingerprint density at radius 2 is 2.16 bits per heavy atom. The van der Waals surface area contributed by atoms with Crippen LogP contribution in [0.3, 0.4) is 0 Å². The summed E-state index contributed by atoms with van der Waals surface area (Å²) in [6, 6.07) is 1.92. The molecule has 1 atom stereocenters. The Bertz CT molecular complexity index is 358. The largest absolute Gasteiger partial charge is 0.379 e. The average molecular weight is 270 g/mol. The van der Waals surface area contributed by atoms with Crippen LogP contribution >= 0.6 is 0 Å². The van der Waals surface area contributed by atoms with E-state index < -0.39 is 0 Å². The molecular weight excluding hydrogens is 244 g/mol. The summed E-state index contributed by atoms with van der Waals surface area (Å²) in [5, 5.41) is 7.37. The van der Waals surface area contributed by atoms with E-state index in [1.165, 1.54) is 0 Å². The van der Waals surface area contributed by atoms with Gasteiger partial charge in [-0.05, 0) is 34.6 Å². The van der Waals surface area contributed by atoms with Crippen LogP contribution in [-0.4, -0.2) is 30.0 Å². The van der Waals surface area contributed by atoms with Crippen LogP contribution < -0.4 is 5.32 Å². The number of ether oxygens (including phenoxy) is 2. The molecule has 0 bridgehead atoms. The Kier molecular flexibility index (Phi) is 6.48. The lowest BCUT2D eigenvalue weighted by molar-refractivity contribution is -0.0183. The Hall–Kier alpha value is -0.910. The van der Waals surface area contributed by atoms with Gasteiger partial charge in [-0.1, -0.05) is 5.16 Å². The summed E-state index contributed by atoms with van der Waals surface area (Å²) < 4.78 is 16.1. The monoisotopic (exact) mass is 270 g/mol. The normalized spacial score (nSPS) is 13.7. The van der Waals surface area contributed by atoms with Crippen molar-refractivity contribution in [2.24, 2.45) is 0 Å². The van der Waals surface area contributed by atoms with Crippen molar-refractivity contribution < 1.29 is 14.0 Å². The van der Waals surface area contributed by atoms with E-state index in [-0.39, 0.29) is 11.6 Å². The van der Waals surface area contributed by atoms with Crippen molar-refractivity contribution in [1.29, 1.82) is 0 Å². The molecule has 0 spiro atoms. The second kappa shape index (κ2) is 7.62. The maximum atomic E-state index is 5.61. The Morgan fingerprint density at radius 1 is 1.42 bits per heavy atom. The van der Waals surface area contributed by atoms with Gasteiger partial charge in [0.15, 0.2) is 5.76 Å². The fourth-order valence-corrected chi connectivity index (χ4v) is 1.42. The van der Waals surface area contributed by atoms with Gasteiger partial charge in [0.25, 0.3) is 0 Å². The van der Waals surface area contributed by atoms with Crippen molar-refractivity contribution >= 4 is 0 Å². The lowest BCUT2D eigenvalue weighted by atomic mass is 10.1. The molecule has 1 unspecified atom stereocenters. The molecule has 5 heteroatoms. The van der Waals surface area contributed by atoms with Gasteiger partial charge in [0, 0.05) is 24.8 Å². The van der Waals surface area contributed by atoms with Crippen molar-refractivity contribution in [1.82, 2.24) is 10.5 Å². The average Bonchev–Trinajstić information content (AvgIpc) is 2.78. The highest BCUT2D eigenvalue weighted by Crippen LogP contribution is 2.08. The number of hydrogen-bond donors (Lipinski definition) is 1. The van der Waals surface area contributed by atoms with Gasteiger partial charge in [-0.15, -0.1) is 0 Å². The van der Waals surface area contributed by atoms with E-state index in [0.717, 1.165) is 11.5 Å². The van der Waals surface area contributed by atoms with Crippen LogP contribution in [0.4, 0.5) is 0 Å². The Balaban J connectivity index is 2.30. The molecule has 0 radical (unpaired) electrons. The smallest absolute Gasteiger partial charge is 0.162 e. The molecular formula is C14H26N2O3. The zero-order chi connectivity index (χ0) is 14.3. The first-order chi connectivity index (χ1) is 8.90. The molecule has 1 aromatic heterocycles. The third kappa shape index (κ3) is 7.30. The molecule has 0 aliphatic carbocycles. The number of nitrogens with zero attached hydrogens (tertiary/aromatic N) is 1. The van der Waals surface area contributed by atoms with Gasteiger partial charge in [0.2, 0.25) is 0 Å². The van der Waals surface area contributed by atoms with E-state index >= 15 is 0 Å². The summed E-state index contributed by atoms with van der Waals surface area (Å²) in [6.07, 6.45) is 0.0567. The van der Waals surface area contributed by atoms with Crippen molar-refractivity contribution in [3.63, 3.8) is 0 Å². The van der Waals surface area contributed by atoms with E-state index in [1.807, 2.05) is 19.9 Å². The number of hydrogen-bond acceptors (Lipinski definition) is 5. The molecule has 19 heavy (non-hydrogen) atoms. The first-order valence-corrected chi connectivity index (χ1v) is 6.79. The summed E-state index contributed by atoms with van der Waals surface area (Å²) in [7, 11) is 0. The molecule has 0 aliphatic heterocycles. The molecule has 0 aliphatic rings. The van der Waals surface area contributed by atoms with Crippen molar-refractivity contribution in [2.45, 2.75) is 59.4 Å². The van der Waals surface area contributed by atoms with Crippen LogP contribution in [0.1, 0.15) is 46.1 Å². The van der Waals surface area contributed by atoms with Crippen LogP contribution in [0.15, 0.2) is 10.6 Å². The number of nitrogens with one attached hydrogen (secondary N) is 1. The minimum absolute atomic E-state index is 0.0567. The molecule has 1 rings (SSSR count). The molecule has 0 fully saturated rings. The van der Waals surface area contributed by atoms with Gasteiger partial charge in [0.1, 0.15) is 6.61 Å². The SMILES string of the molecule is CCOCC(C)OCc1cc(CNC(C)(C)C)no1. The standard InChI is InChI=1S/C14H26N2O3/c1-6-17-9-11(2)18-10-13-7-12(16-19-13)8-15-14(3,4)5/h7,11,15H,6,8-10H2,1-5H3. The fourth-order valence-electron chi connectivity index (χ4n) is 1.42. The second-order valence-corrected chi connectivity index (χ2v) is 5.67. The lowest BCUT2D eigenvalue weighted by Crippen LogP contribution is -2.35. The Labute approximate surface area is 115 Å². The zero-order valence-corrected chi connectivity index (χ0v) is 12.7. The van der Waals surface area contributed by atoms with E-state index in [0.29, 0.717) is 26.4 Å². The molecule has 0 saturated carbocycles. The summed E-state index contributed by atoms with van der Waals surface area (Å²) in [6.45, 7) is 12.7. The minimum Gasteiger partial charge on any atom is -0.379 e. The summed E-state index contributed by atoms with van der Waals surface area (Å²) in [5.41, 5.74) is 0.965. The third-order valence-electron chi connectivity index (χ3n) is 2.47. The maximum Gasteiger partial charge on any atom is 0.162 e. The van der Waals surface area contributed by atoms with Crippen molar-refractivity contribution in [3.8, 4) is 0 Å². The van der Waals surface area contributed by atoms with Gasteiger partial charge in [0.05, 0.1) is 18.4 Å². The summed E-state index contributed by atoms with van der Waals surface area (Å²) in [4.78, 5) is 0. The molecule has 1 N–H and O–H groups in total. The van der Waals surface area contributed by atoms with Gasteiger partial charge in [-0.2, -0.15) is 0 Å². The van der Waals surface area contributed by atoms with Crippen LogP contribution in [0.5, 0.6) is 0 Å². The molecule has 1 heterocycles. The number of rotatable bonds is 8. The van der Waals surface area contributed by atoms with E-state index in [4.69, 9.17) is 14.0 Å². The maximum absolute atomic E-state index is 5.61. The van der Waals surface area contributed by atoms with Crippen LogP contribution in [0.2, 0.25) is 0 Å². The zero-order valence-electron chi connectivity index (χ0n) is 12.7. The summed E-state index contributed by atoms with van der Waals surface area (Å²) >= 11 is 0. The van der Waals surface area contributed by atoms with Gasteiger partial charge in [-0.25, -0.2) is 0 Å². The molecule has 0 saturated heterocycles. The first kappa shape index (κ1) is 16.1. The van der Waals surface area contributed by atoms with E-state index in [1.54, 1.807) is 0 Å². The van der Waals surface area contributed by atoms with Gasteiger partial charge >= 0.3 is 0 Å². The molecule has 0 aromatic carbocycles. The quantitative estimate of drug-likeness (QED) is 0.786. The van der Waals surface area contributed by atoms with Crippen molar-refractivity contribution in [2.75, 3.05) is 13.2 Å². The topological polar surface area (TPSA) is 56.5 Å². The predicted molar refractivity (Wildman–Crippen MR) is 73.8 cm³/mol. The molecule has 110 valence electrons. The molecule has 5 nitrogen and oxygen atoms in total.